The summed E-state index contributed by atoms with van der Waals surface area (Å²) in [6, 6.07) is 49.0. The standard InChI is InChI=1S/C68H54B2N4O5/c1-35-25-37(3)63(38(4)26-35)65-41(7)71-73(43(65)9)48-19-23-56-52(32-48)69-50-29-45(17-21-54(50)76-58-13-11-15-60(78-56)67(58)69)47-31-62(75-34-47)46-18-22-55-51(30-46)70-53-33-49(20-24-57(53)79-61-16-12-14-59(77-55)68(61)70)74-44(10)66(42(8)72-74)64-39(5)27-36(2)28-40(64)6/h11-34H,1-10H3. The van der Waals surface area contributed by atoms with E-state index in [9.17, 15) is 0 Å². The van der Waals surface area contributed by atoms with Gasteiger partial charge in [0.05, 0.1) is 29.0 Å². The molecule has 3 aromatic heterocycles. The molecule has 9 nitrogen and oxygen atoms in total. The minimum absolute atomic E-state index is 0.163. The lowest BCUT2D eigenvalue weighted by Crippen LogP contribution is -2.57. The molecule has 15 rings (SSSR count). The molecule has 0 fully saturated rings. The Balaban J connectivity index is 0.792. The second-order valence-electron chi connectivity index (χ2n) is 22.2. The Bertz CT molecular complexity index is 4130. The second kappa shape index (κ2) is 17.1. The van der Waals surface area contributed by atoms with Crippen molar-refractivity contribution in [1.29, 1.82) is 0 Å². The number of ether oxygens (including phenoxy) is 4. The summed E-state index contributed by atoms with van der Waals surface area (Å²) in [5.74, 6) is 7.14. The van der Waals surface area contributed by atoms with E-state index >= 15 is 0 Å². The Labute approximate surface area is 460 Å². The van der Waals surface area contributed by atoms with E-state index in [2.05, 4.69) is 182 Å². The first-order valence-corrected chi connectivity index (χ1v) is 27.2. The Kier molecular flexibility index (Phi) is 10.2. The van der Waals surface area contributed by atoms with Gasteiger partial charge in [-0.25, -0.2) is 9.36 Å². The van der Waals surface area contributed by atoms with Gasteiger partial charge in [0.1, 0.15) is 51.8 Å². The first kappa shape index (κ1) is 47.0. The fraction of sp³-hybridized carbons (Fsp3) is 0.147. The molecule has 0 atom stereocenters. The molecule has 0 N–H and O–H groups in total. The van der Waals surface area contributed by atoms with E-state index in [-0.39, 0.29) is 13.4 Å². The lowest BCUT2D eigenvalue weighted by molar-refractivity contribution is 0.464. The van der Waals surface area contributed by atoms with Gasteiger partial charge in [0.25, 0.3) is 13.4 Å². The first-order chi connectivity index (χ1) is 38.2. The molecule has 0 amide bonds. The Morgan fingerprint density at radius 2 is 0.734 bits per heavy atom. The van der Waals surface area contributed by atoms with E-state index in [1.807, 2.05) is 42.7 Å². The van der Waals surface area contributed by atoms with Crippen LogP contribution in [0.15, 0.2) is 150 Å². The molecule has 0 aliphatic carbocycles. The van der Waals surface area contributed by atoms with Gasteiger partial charge < -0.3 is 23.4 Å². The van der Waals surface area contributed by atoms with Crippen LogP contribution in [0.1, 0.15) is 56.2 Å². The van der Waals surface area contributed by atoms with Crippen LogP contribution in [0.25, 0.3) is 56.1 Å². The molecular weight excluding hydrogens is 974 g/mol. The van der Waals surface area contributed by atoms with Gasteiger partial charge in [-0.3, -0.25) is 0 Å². The van der Waals surface area contributed by atoms with Crippen LogP contribution in [0, 0.1) is 69.2 Å². The van der Waals surface area contributed by atoms with Crippen molar-refractivity contribution in [2.45, 2.75) is 69.2 Å². The normalized spacial score (nSPS) is 13.0. The Hall–Kier alpha value is -9.21. The molecule has 382 valence electrons. The minimum atomic E-state index is -0.174. The van der Waals surface area contributed by atoms with Crippen molar-refractivity contribution in [3.8, 4) is 102 Å². The lowest BCUT2D eigenvalue weighted by Gasteiger charge is -2.33. The van der Waals surface area contributed by atoms with Crippen LogP contribution in [0.5, 0.6) is 46.0 Å². The topological polar surface area (TPSA) is 85.7 Å². The highest BCUT2D eigenvalue weighted by atomic mass is 16.5. The van der Waals surface area contributed by atoms with Gasteiger partial charge in [0.2, 0.25) is 0 Å². The van der Waals surface area contributed by atoms with E-state index in [1.165, 1.54) is 55.6 Å². The number of rotatable bonds is 6. The summed E-state index contributed by atoms with van der Waals surface area (Å²) in [4.78, 5) is 0. The number of fused-ring (bicyclic) bond motifs is 8. The molecule has 79 heavy (non-hydrogen) atoms. The third-order valence-corrected chi connectivity index (χ3v) is 16.9. The van der Waals surface area contributed by atoms with E-state index in [0.29, 0.717) is 0 Å². The highest BCUT2D eigenvalue weighted by Gasteiger charge is 2.42. The van der Waals surface area contributed by atoms with Gasteiger partial charge in [-0.05, 0) is 215 Å². The predicted molar refractivity (Wildman–Crippen MR) is 317 cm³/mol. The zero-order chi connectivity index (χ0) is 53.9. The van der Waals surface area contributed by atoms with E-state index < -0.39 is 0 Å². The fourth-order valence-electron chi connectivity index (χ4n) is 13.7. The molecule has 0 saturated carbocycles. The van der Waals surface area contributed by atoms with E-state index in [0.717, 1.165) is 135 Å². The van der Waals surface area contributed by atoms with Gasteiger partial charge in [-0.1, -0.05) is 65.7 Å². The van der Waals surface area contributed by atoms with Crippen LogP contribution in [0.3, 0.4) is 0 Å². The van der Waals surface area contributed by atoms with Crippen LogP contribution >= 0.6 is 0 Å². The summed E-state index contributed by atoms with van der Waals surface area (Å²) >= 11 is 0. The monoisotopic (exact) mass is 1030 g/mol. The molecule has 11 aromatic rings. The summed E-state index contributed by atoms with van der Waals surface area (Å²) in [5.41, 5.74) is 27.6. The van der Waals surface area contributed by atoms with Gasteiger partial charge in [-0.15, -0.1) is 0 Å². The van der Waals surface area contributed by atoms with Crippen LogP contribution in [-0.4, -0.2) is 33.0 Å². The number of nitrogens with zero attached hydrogens (tertiary/aromatic N) is 4. The maximum Gasteiger partial charge on any atom is 0.260 e. The van der Waals surface area contributed by atoms with Crippen LogP contribution in [-0.2, 0) is 0 Å². The van der Waals surface area contributed by atoms with Crippen molar-refractivity contribution >= 4 is 46.2 Å². The SMILES string of the molecule is Cc1cc(C)c(-c2c(C)nn(-c3ccc4c(c3)B3c5cc(-c6coc(-c7ccc8c(c7)B7c9cc(-n%10nc(C)c(-c%11c(C)cc(C)cc%11C)c%10C)ccc9Oc9cccc(c97)O8)c6)ccc5Oc5cccc(c53)O4)c2C)c(C)c1. The van der Waals surface area contributed by atoms with Gasteiger partial charge in [0.15, 0.2) is 0 Å². The summed E-state index contributed by atoms with van der Waals surface area (Å²) in [6.45, 7) is 21.3. The van der Waals surface area contributed by atoms with Crippen LogP contribution in [0.2, 0.25) is 0 Å². The fourth-order valence-corrected chi connectivity index (χ4v) is 13.7. The summed E-state index contributed by atoms with van der Waals surface area (Å²) in [6.07, 6.45) is 1.86. The van der Waals surface area contributed by atoms with Gasteiger partial charge in [0, 0.05) is 44.6 Å². The molecule has 8 aromatic carbocycles. The highest BCUT2D eigenvalue weighted by Crippen LogP contribution is 2.42. The van der Waals surface area contributed by atoms with Crippen molar-refractivity contribution < 1.29 is 23.4 Å². The molecule has 11 heteroatoms. The minimum Gasteiger partial charge on any atom is -0.464 e. The molecular formula is C68H54B2N4O5. The third-order valence-electron chi connectivity index (χ3n) is 16.9. The summed E-state index contributed by atoms with van der Waals surface area (Å²) < 4.78 is 37.5. The van der Waals surface area contributed by atoms with Crippen molar-refractivity contribution in [1.82, 2.24) is 19.6 Å². The molecule has 4 aliphatic rings. The van der Waals surface area contributed by atoms with Crippen molar-refractivity contribution in [3.63, 3.8) is 0 Å². The predicted octanol–water partition coefficient (Wildman–Crippen LogP) is 12.9. The van der Waals surface area contributed by atoms with Crippen LogP contribution in [0.4, 0.5) is 0 Å². The quantitative estimate of drug-likeness (QED) is 0.153. The average molecular weight is 1030 g/mol. The molecule has 0 bridgehead atoms. The largest absolute Gasteiger partial charge is 0.464 e. The molecule has 0 unspecified atom stereocenters. The maximum atomic E-state index is 6.70. The van der Waals surface area contributed by atoms with Gasteiger partial charge in [-0.2, -0.15) is 10.2 Å². The Morgan fingerprint density at radius 3 is 1.16 bits per heavy atom. The number of aromatic nitrogens is 4. The molecule has 0 spiro atoms. The zero-order valence-electron chi connectivity index (χ0n) is 45.8. The van der Waals surface area contributed by atoms with Crippen molar-refractivity contribution in [2.75, 3.05) is 0 Å². The average Bonchev–Trinajstić information content (AvgIpc) is 4.16. The number of hydrogen-bond donors (Lipinski definition) is 0. The zero-order valence-corrected chi connectivity index (χ0v) is 45.8. The van der Waals surface area contributed by atoms with E-state index in [1.54, 1.807) is 0 Å². The third kappa shape index (κ3) is 7.11. The van der Waals surface area contributed by atoms with Crippen molar-refractivity contribution in [2.24, 2.45) is 0 Å². The number of aryl methyl sites for hydroxylation is 8. The van der Waals surface area contributed by atoms with Crippen LogP contribution < -0.4 is 51.7 Å². The lowest BCUT2D eigenvalue weighted by atomic mass is 9.34. The second-order valence-corrected chi connectivity index (χ2v) is 22.2. The Morgan fingerprint density at radius 1 is 0.354 bits per heavy atom. The first-order valence-electron chi connectivity index (χ1n) is 27.2. The molecule has 0 saturated heterocycles. The smallest absolute Gasteiger partial charge is 0.260 e. The summed E-state index contributed by atoms with van der Waals surface area (Å²) in [7, 11) is 0. The number of hydrogen-bond acceptors (Lipinski definition) is 7. The molecule has 4 aliphatic heterocycles. The molecule has 0 radical (unpaired) electrons. The van der Waals surface area contributed by atoms with E-state index in [4.69, 9.17) is 33.6 Å². The number of benzene rings is 8. The summed E-state index contributed by atoms with van der Waals surface area (Å²) in [5, 5.41) is 10.4. The highest BCUT2D eigenvalue weighted by molar-refractivity contribution is 6.99. The number of furan rings is 1. The maximum absolute atomic E-state index is 6.70. The molecule has 7 heterocycles. The van der Waals surface area contributed by atoms with Gasteiger partial charge >= 0.3 is 0 Å². The van der Waals surface area contributed by atoms with Crippen molar-refractivity contribution in [3.05, 3.63) is 202 Å².